The molecule has 0 amide bonds. The smallest absolute Gasteiger partial charge is 0.306 e. The molecule has 442 valence electrons. The Morgan fingerprint density at radius 3 is 0.733 bits per heavy atom. The molecule has 0 spiro atoms. The van der Waals surface area contributed by atoms with Gasteiger partial charge in [-0.05, 0) is 51.4 Å². The summed E-state index contributed by atoms with van der Waals surface area (Å²) >= 11 is 0. The number of unbranched alkanes of at least 4 members (excludes halogenated alkanes) is 48. The molecular formula is C69H130O6. The van der Waals surface area contributed by atoms with Gasteiger partial charge in [-0.3, -0.25) is 14.4 Å². The number of hydrogen-bond acceptors (Lipinski definition) is 6. The summed E-state index contributed by atoms with van der Waals surface area (Å²) in [7, 11) is 0. The second-order valence-corrected chi connectivity index (χ2v) is 23.1. The van der Waals surface area contributed by atoms with E-state index < -0.39 is 6.10 Å². The summed E-state index contributed by atoms with van der Waals surface area (Å²) in [5.41, 5.74) is 0. The molecular weight excluding hydrogens is 925 g/mol. The Hall–Kier alpha value is -2.11. The average Bonchev–Trinajstić information content (AvgIpc) is 3.41. The Balaban J connectivity index is 4.16. The number of hydrogen-bond donors (Lipinski definition) is 0. The second kappa shape index (κ2) is 64.4. The monoisotopic (exact) mass is 1050 g/mol. The van der Waals surface area contributed by atoms with Crippen molar-refractivity contribution in [1.29, 1.82) is 0 Å². The van der Waals surface area contributed by atoms with E-state index in [1.165, 1.54) is 276 Å². The summed E-state index contributed by atoms with van der Waals surface area (Å²) in [5, 5.41) is 0. The molecule has 0 saturated carbocycles. The summed E-state index contributed by atoms with van der Waals surface area (Å²) in [5.74, 6) is -0.835. The number of carbonyl (C=O) groups is 3. The van der Waals surface area contributed by atoms with Crippen molar-refractivity contribution < 1.29 is 28.6 Å². The van der Waals surface area contributed by atoms with Gasteiger partial charge in [0.05, 0.1) is 0 Å². The van der Waals surface area contributed by atoms with Crippen molar-refractivity contribution in [3.63, 3.8) is 0 Å². The van der Waals surface area contributed by atoms with Gasteiger partial charge in [0.15, 0.2) is 6.10 Å². The Labute approximate surface area is 468 Å². The fourth-order valence-corrected chi connectivity index (χ4v) is 10.4. The van der Waals surface area contributed by atoms with Crippen LogP contribution in [-0.4, -0.2) is 37.2 Å². The first-order chi connectivity index (χ1) is 37.0. The maximum atomic E-state index is 12.9. The molecule has 0 aliphatic carbocycles. The first kappa shape index (κ1) is 72.9. The lowest BCUT2D eigenvalue weighted by Crippen LogP contribution is -2.30. The van der Waals surface area contributed by atoms with E-state index in [0.717, 1.165) is 64.2 Å². The van der Waals surface area contributed by atoms with Crippen LogP contribution in [0.1, 0.15) is 380 Å². The van der Waals surface area contributed by atoms with Crippen molar-refractivity contribution in [3.05, 3.63) is 24.3 Å². The van der Waals surface area contributed by atoms with E-state index in [1.54, 1.807) is 0 Å². The number of carbonyl (C=O) groups excluding carboxylic acids is 3. The molecule has 1 atom stereocenters. The number of allylic oxidation sites excluding steroid dienone is 4. The Bertz CT molecular complexity index is 1210. The summed E-state index contributed by atoms with van der Waals surface area (Å²) in [6.07, 6.45) is 77.7. The fraction of sp³-hybridized carbons (Fsp3) is 0.899. The molecule has 0 radical (unpaired) electrons. The molecule has 0 aromatic rings. The van der Waals surface area contributed by atoms with E-state index in [9.17, 15) is 14.4 Å². The van der Waals surface area contributed by atoms with E-state index >= 15 is 0 Å². The van der Waals surface area contributed by atoms with E-state index in [4.69, 9.17) is 14.2 Å². The van der Waals surface area contributed by atoms with Gasteiger partial charge in [0, 0.05) is 19.3 Å². The normalized spacial score (nSPS) is 12.1. The van der Waals surface area contributed by atoms with Crippen LogP contribution in [0.15, 0.2) is 24.3 Å². The maximum Gasteiger partial charge on any atom is 0.306 e. The Kier molecular flexibility index (Phi) is 62.6. The fourth-order valence-electron chi connectivity index (χ4n) is 10.4. The third-order valence-corrected chi connectivity index (χ3v) is 15.5. The average molecular weight is 1060 g/mol. The van der Waals surface area contributed by atoms with E-state index in [2.05, 4.69) is 45.1 Å². The van der Waals surface area contributed by atoms with Crippen molar-refractivity contribution in [2.75, 3.05) is 13.2 Å². The number of ether oxygens (including phenoxy) is 3. The summed E-state index contributed by atoms with van der Waals surface area (Å²) in [6.45, 7) is 6.70. The Morgan fingerprint density at radius 2 is 0.480 bits per heavy atom. The van der Waals surface area contributed by atoms with Gasteiger partial charge in [0.1, 0.15) is 13.2 Å². The van der Waals surface area contributed by atoms with E-state index in [0.29, 0.717) is 19.3 Å². The standard InChI is InChI=1S/C69H130O6/c1-4-7-10-13-16-19-22-24-26-28-30-31-32-33-34-35-36-37-39-40-42-44-47-50-53-56-59-62-68(71)74-65-66(64-73-67(70)61-58-55-52-49-46-21-18-15-12-9-6-3)75-69(72)63-60-57-54-51-48-45-43-41-38-29-27-25-23-20-17-14-11-8-5-2/h22,24,28,30,66H,4-21,23,25-27,29,31-65H2,1-3H3/b24-22-,30-28-. The van der Waals surface area contributed by atoms with Crippen LogP contribution in [0, 0.1) is 0 Å². The molecule has 1 unspecified atom stereocenters. The zero-order valence-electron chi connectivity index (χ0n) is 50.8. The molecule has 0 aromatic heterocycles. The topological polar surface area (TPSA) is 78.9 Å². The largest absolute Gasteiger partial charge is 0.462 e. The summed E-state index contributed by atoms with van der Waals surface area (Å²) in [4.78, 5) is 38.3. The quantitative estimate of drug-likeness (QED) is 0.0261. The highest BCUT2D eigenvalue weighted by atomic mass is 16.6. The lowest BCUT2D eigenvalue weighted by atomic mass is 10.0. The predicted molar refractivity (Wildman–Crippen MR) is 326 cm³/mol. The van der Waals surface area contributed by atoms with Gasteiger partial charge in [-0.25, -0.2) is 0 Å². The van der Waals surface area contributed by atoms with Crippen molar-refractivity contribution in [2.45, 2.75) is 386 Å². The van der Waals surface area contributed by atoms with Gasteiger partial charge in [0.25, 0.3) is 0 Å². The molecule has 6 heteroatoms. The molecule has 0 heterocycles. The maximum absolute atomic E-state index is 12.9. The van der Waals surface area contributed by atoms with E-state index in [1.807, 2.05) is 0 Å². The van der Waals surface area contributed by atoms with Gasteiger partial charge >= 0.3 is 17.9 Å². The van der Waals surface area contributed by atoms with Crippen molar-refractivity contribution in [1.82, 2.24) is 0 Å². The van der Waals surface area contributed by atoms with Gasteiger partial charge in [0.2, 0.25) is 0 Å². The van der Waals surface area contributed by atoms with Crippen molar-refractivity contribution in [2.24, 2.45) is 0 Å². The molecule has 0 fully saturated rings. The molecule has 0 aliphatic rings. The third-order valence-electron chi connectivity index (χ3n) is 15.5. The molecule has 0 bridgehead atoms. The van der Waals surface area contributed by atoms with Crippen LogP contribution in [-0.2, 0) is 28.6 Å². The highest BCUT2D eigenvalue weighted by Crippen LogP contribution is 2.18. The lowest BCUT2D eigenvalue weighted by molar-refractivity contribution is -0.167. The molecule has 0 saturated heterocycles. The van der Waals surface area contributed by atoms with Gasteiger partial charge in [-0.2, -0.15) is 0 Å². The molecule has 0 aromatic carbocycles. The number of rotatable bonds is 63. The molecule has 6 nitrogen and oxygen atoms in total. The minimum absolute atomic E-state index is 0.0641. The van der Waals surface area contributed by atoms with Gasteiger partial charge in [-0.15, -0.1) is 0 Å². The highest BCUT2D eigenvalue weighted by molar-refractivity contribution is 5.71. The first-order valence-electron chi connectivity index (χ1n) is 33.8. The summed E-state index contributed by atoms with van der Waals surface area (Å²) in [6, 6.07) is 0. The minimum Gasteiger partial charge on any atom is -0.462 e. The van der Waals surface area contributed by atoms with Crippen molar-refractivity contribution >= 4 is 17.9 Å². The first-order valence-corrected chi connectivity index (χ1v) is 33.8. The Morgan fingerprint density at radius 1 is 0.267 bits per heavy atom. The lowest BCUT2D eigenvalue weighted by Gasteiger charge is -2.18. The van der Waals surface area contributed by atoms with Crippen LogP contribution < -0.4 is 0 Å². The zero-order valence-corrected chi connectivity index (χ0v) is 50.8. The zero-order chi connectivity index (χ0) is 54.3. The van der Waals surface area contributed by atoms with Crippen LogP contribution in [0.4, 0.5) is 0 Å². The molecule has 0 aliphatic heterocycles. The molecule has 75 heavy (non-hydrogen) atoms. The highest BCUT2D eigenvalue weighted by Gasteiger charge is 2.19. The van der Waals surface area contributed by atoms with Gasteiger partial charge in [-0.1, -0.05) is 334 Å². The van der Waals surface area contributed by atoms with Crippen molar-refractivity contribution in [3.8, 4) is 0 Å². The number of esters is 3. The van der Waals surface area contributed by atoms with Crippen LogP contribution >= 0.6 is 0 Å². The molecule has 0 N–H and O–H groups in total. The molecule has 0 rings (SSSR count). The van der Waals surface area contributed by atoms with Crippen LogP contribution in [0.25, 0.3) is 0 Å². The van der Waals surface area contributed by atoms with Gasteiger partial charge < -0.3 is 14.2 Å². The summed E-state index contributed by atoms with van der Waals surface area (Å²) < 4.78 is 17.0. The van der Waals surface area contributed by atoms with Crippen LogP contribution in [0.5, 0.6) is 0 Å². The van der Waals surface area contributed by atoms with Crippen LogP contribution in [0.2, 0.25) is 0 Å². The van der Waals surface area contributed by atoms with E-state index in [-0.39, 0.29) is 31.1 Å². The SMILES string of the molecule is CCCCCCC/C=C\C/C=C\CCCCCCCCCCCCCCCCCC(=O)OCC(COC(=O)CCCCCCCCCCCCC)OC(=O)CCCCCCCCCCCCCCCCCCCCC. The second-order valence-electron chi connectivity index (χ2n) is 23.1. The minimum atomic E-state index is -0.766. The predicted octanol–water partition coefficient (Wildman–Crippen LogP) is 23.0. The van der Waals surface area contributed by atoms with Crippen LogP contribution in [0.3, 0.4) is 0 Å². The third kappa shape index (κ3) is 62.6.